The summed E-state index contributed by atoms with van der Waals surface area (Å²) in [6, 6.07) is 5.55. The van der Waals surface area contributed by atoms with Gasteiger partial charge in [-0.15, -0.1) is 0 Å². The van der Waals surface area contributed by atoms with Gasteiger partial charge in [0.05, 0.1) is 6.10 Å². The lowest BCUT2D eigenvalue weighted by atomic mass is 10.0. The van der Waals surface area contributed by atoms with Crippen LogP contribution in [-0.4, -0.2) is 37.9 Å². The van der Waals surface area contributed by atoms with Crippen LogP contribution in [0.1, 0.15) is 31.2 Å². The Morgan fingerprint density at radius 2 is 1.92 bits per heavy atom. The van der Waals surface area contributed by atoms with Crippen LogP contribution in [0.5, 0.6) is 11.5 Å². The van der Waals surface area contributed by atoms with Gasteiger partial charge in [-0.2, -0.15) is 0 Å². The van der Waals surface area contributed by atoms with E-state index in [-0.39, 0.29) is 24.7 Å². The summed E-state index contributed by atoms with van der Waals surface area (Å²) in [5, 5.41) is 5.75. The molecule has 7 heteroatoms. The highest BCUT2D eigenvalue weighted by atomic mass is 16.7. The van der Waals surface area contributed by atoms with Crippen molar-refractivity contribution in [3.05, 3.63) is 23.8 Å². The van der Waals surface area contributed by atoms with E-state index >= 15 is 0 Å². The van der Waals surface area contributed by atoms with Crippen LogP contribution in [-0.2, 0) is 20.9 Å². The molecule has 2 fully saturated rings. The number of amides is 2. The minimum atomic E-state index is -0.908. The Hall–Kier alpha value is -2.28. The molecule has 134 valence electrons. The molecule has 1 aromatic carbocycles. The maximum absolute atomic E-state index is 12.5. The van der Waals surface area contributed by atoms with Crippen molar-refractivity contribution >= 4 is 11.8 Å². The first-order valence-electron chi connectivity index (χ1n) is 8.74. The van der Waals surface area contributed by atoms with Crippen LogP contribution in [0.15, 0.2) is 18.2 Å². The molecule has 1 aromatic rings. The van der Waals surface area contributed by atoms with E-state index in [1.165, 1.54) is 0 Å². The monoisotopic (exact) mass is 346 g/mol. The standard InChI is InChI=1S/C18H22N2O5/c21-16(19-9-12-3-4-14-15(8-12)25-11-24-14)18(5-6-18)17(22)20-10-13-2-1-7-23-13/h3-4,8,13H,1-2,5-7,9-11H2,(H,19,21)(H,20,22). The third kappa shape index (κ3) is 3.28. The molecule has 4 rings (SSSR count). The fraction of sp³-hybridized carbons (Fsp3) is 0.556. The summed E-state index contributed by atoms with van der Waals surface area (Å²) >= 11 is 0. The van der Waals surface area contributed by atoms with E-state index in [2.05, 4.69) is 10.6 Å². The van der Waals surface area contributed by atoms with E-state index in [1.807, 2.05) is 18.2 Å². The van der Waals surface area contributed by atoms with Gasteiger partial charge in [0.25, 0.3) is 0 Å². The first-order valence-corrected chi connectivity index (χ1v) is 8.74. The molecule has 25 heavy (non-hydrogen) atoms. The Balaban J connectivity index is 1.30. The van der Waals surface area contributed by atoms with E-state index < -0.39 is 5.41 Å². The quantitative estimate of drug-likeness (QED) is 0.754. The fourth-order valence-corrected chi connectivity index (χ4v) is 3.27. The lowest BCUT2D eigenvalue weighted by Gasteiger charge is -2.17. The molecule has 0 spiro atoms. The molecular weight excluding hydrogens is 324 g/mol. The Morgan fingerprint density at radius 1 is 1.12 bits per heavy atom. The zero-order valence-corrected chi connectivity index (χ0v) is 14.0. The van der Waals surface area contributed by atoms with Gasteiger partial charge in [-0.3, -0.25) is 9.59 Å². The first kappa shape index (κ1) is 16.2. The zero-order chi connectivity index (χ0) is 17.3. The molecule has 7 nitrogen and oxygen atoms in total. The molecule has 2 amide bonds. The van der Waals surface area contributed by atoms with Gasteiger partial charge < -0.3 is 24.8 Å². The maximum atomic E-state index is 12.5. The van der Waals surface area contributed by atoms with Crippen molar-refractivity contribution in [2.24, 2.45) is 5.41 Å². The molecule has 0 aromatic heterocycles. The SMILES string of the molecule is O=C(NCc1ccc2c(c1)OCO2)C1(C(=O)NCC2CCCO2)CC1. The highest BCUT2D eigenvalue weighted by Gasteiger charge is 2.56. The van der Waals surface area contributed by atoms with Crippen molar-refractivity contribution < 1.29 is 23.8 Å². The smallest absolute Gasteiger partial charge is 0.235 e. The summed E-state index contributed by atoms with van der Waals surface area (Å²) in [6.45, 7) is 1.81. The number of ether oxygens (including phenoxy) is 3. The van der Waals surface area contributed by atoms with Crippen molar-refractivity contribution in [1.82, 2.24) is 10.6 Å². The van der Waals surface area contributed by atoms with E-state index in [0.717, 1.165) is 25.0 Å². The van der Waals surface area contributed by atoms with Crippen molar-refractivity contribution in [2.75, 3.05) is 19.9 Å². The van der Waals surface area contributed by atoms with Gasteiger partial charge in [-0.05, 0) is 43.4 Å². The third-order valence-electron chi connectivity index (χ3n) is 5.02. The molecule has 2 heterocycles. The van der Waals surface area contributed by atoms with Gasteiger partial charge in [-0.1, -0.05) is 6.07 Å². The number of hydrogen-bond donors (Lipinski definition) is 2. The van der Waals surface area contributed by atoms with Crippen molar-refractivity contribution in [2.45, 2.75) is 38.3 Å². The van der Waals surface area contributed by atoms with Crippen molar-refractivity contribution in [3.8, 4) is 11.5 Å². The summed E-state index contributed by atoms with van der Waals surface area (Å²) in [5.74, 6) is 0.991. The predicted molar refractivity (Wildman–Crippen MR) is 88.1 cm³/mol. The van der Waals surface area contributed by atoms with Crippen molar-refractivity contribution in [3.63, 3.8) is 0 Å². The van der Waals surface area contributed by atoms with E-state index in [9.17, 15) is 9.59 Å². The van der Waals surface area contributed by atoms with Gasteiger partial charge in [0.2, 0.25) is 18.6 Å². The van der Waals surface area contributed by atoms with Gasteiger partial charge in [0.15, 0.2) is 11.5 Å². The molecule has 3 aliphatic rings. The summed E-state index contributed by atoms with van der Waals surface area (Å²) in [7, 11) is 0. The zero-order valence-electron chi connectivity index (χ0n) is 14.0. The average molecular weight is 346 g/mol. The van der Waals surface area contributed by atoms with E-state index in [1.54, 1.807) is 0 Å². The molecule has 0 radical (unpaired) electrons. The molecule has 1 aliphatic carbocycles. The number of rotatable bonds is 6. The van der Waals surface area contributed by atoms with Crippen LogP contribution >= 0.6 is 0 Å². The van der Waals surface area contributed by atoms with E-state index in [4.69, 9.17) is 14.2 Å². The molecular formula is C18H22N2O5. The Bertz CT molecular complexity index is 680. The molecule has 1 atom stereocenters. The number of fused-ring (bicyclic) bond motifs is 1. The maximum Gasteiger partial charge on any atom is 0.235 e. The predicted octanol–water partition coefficient (Wildman–Crippen LogP) is 1.11. The number of carbonyl (C=O) groups excluding carboxylic acids is 2. The molecule has 2 N–H and O–H groups in total. The molecule has 2 aliphatic heterocycles. The molecule has 0 bridgehead atoms. The normalized spacial score (nSPS) is 22.5. The topological polar surface area (TPSA) is 85.9 Å². The highest BCUT2D eigenvalue weighted by Crippen LogP contribution is 2.46. The lowest BCUT2D eigenvalue weighted by molar-refractivity contribution is -0.137. The molecule has 1 saturated heterocycles. The first-order chi connectivity index (χ1) is 12.2. The van der Waals surface area contributed by atoms with Crippen LogP contribution in [0.25, 0.3) is 0 Å². The fourth-order valence-electron chi connectivity index (χ4n) is 3.27. The second-order valence-electron chi connectivity index (χ2n) is 6.80. The summed E-state index contributed by atoms with van der Waals surface area (Å²) < 4.78 is 16.1. The minimum Gasteiger partial charge on any atom is -0.454 e. The Labute approximate surface area is 146 Å². The summed E-state index contributed by atoms with van der Waals surface area (Å²) in [4.78, 5) is 24.9. The Morgan fingerprint density at radius 3 is 2.68 bits per heavy atom. The van der Waals surface area contributed by atoms with E-state index in [0.29, 0.717) is 37.4 Å². The van der Waals surface area contributed by atoms with Gasteiger partial charge in [0.1, 0.15) is 5.41 Å². The Kier molecular flexibility index (Phi) is 4.25. The van der Waals surface area contributed by atoms with Crippen LogP contribution in [0.2, 0.25) is 0 Å². The highest BCUT2D eigenvalue weighted by molar-refractivity contribution is 6.07. The number of carbonyl (C=O) groups is 2. The summed E-state index contributed by atoms with van der Waals surface area (Å²) in [6.07, 6.45) is 3.26. The second-order valence-corrected chi connectivity index (χ2v) is 6.80. The van der Waals surface area contributed by atoms with Crippen LogP contribution in [0, 0.1) is 5.41 Å². The van der Waals surface area contributed by atoms with Crippen molar-refractivity contribution in [1.29, 1.82) is 0 Å². The molecule has 1 saturated carbocycles. The van der Waals surface area contributed by atoms with Crippen LogP contribution < -0.4 is 20.1 Å². The number of nitrogens with one attached hydrogen (secondary N) is 2. The van der Waals surface area contributed by atoms with Gasteiger partial charge in [-0.25, -0.2) is 0 Å². The van der Waals surface area contributed by atoms with Crippen LogP contribution in [0.4, 0.5) is 0 Å². The van der Waals surface area contributed by atoms with Gasteiger partial charge >= 0.3 is 0 Å². The molecule has 1 unspecified atom stereocenters. The third-order valence-corrected chi connectivity index (χ3v) is 5.02. The lowest BCUT2D eigenvalue weighted by Crippen LogP contribution is -2.44. The minimum absolute atomic E-state index is 0.0800. The largest absolute Gasteiger partial charge is 0.454 e. The second kappa shape index (κ2) is 6.55. The average Bonchev–Trinajstić information content (AvgIpc) is 3.06. The number of benzene rings is 1. The summed E-state index contributed by atoms with van der Waals surface area (Å²) in [5.41, 5.74) is 0.00254. The van der Waals surface area contributed by atoms with Gasteiger partial charge in [0, 0.05) is 19.7 Å². The van der Waals surface area contributed by atoms with Crippen LogP contribution in [0.3, 0.4) is 0 Å². The number of hydrogen-bond acceptors (Lipinski definition) is 5.